The number of carbonyl (C=O) groups is 2. The van der Waals surface area contributed by atoms with E-state index in [2.05, 4.69) is 5.32 Å². The SMILES string of the molecule is COc1ccc(Cl)cc1NC(=O)C(C)OC(=O)c1cc(CO)oc1C. The fourth-order valence-corrected chi connectivity index (χ4v) is 2.29. The Hall–Kier alpha value is -2.51. The highest BCUT2D eigenvalue weighted by Crippen LogP contribution is 2.28. The number of aryl methyl sites for hydroxylation is 1. The minimum atomic E-state index is -1.07. The van der Waals surface area contributed by atoms with Gasteiger partial charge in [-0.15, -0.1) is 0 Å². The highest BCUT2D eigenvalue weighted by molar-refractivity contribution is 6.31. The van der Waals surface area contributed by atoms with E-state index in [9.17, 15) is 9.59 Å². The number of hydrogen-bond acceptors (Lipinski definition) is 6. The summed E-state index contributed by atoms with van der Waals surface area (Å²) in [6.45, 7) is 2.67. The number of rotatable bonds is 6. The summed E-state index contributed by atoms with van der Waals surface area (Å²) in [5, 5.41) is 12.1. The molecule has 2 aromatic rings. The van der Waals surface area contributed by atoms with Crippen LogP contribution in [0, 0.1) is 6.92 Å². The first kappa shape index (κ1) is 18.8. The van der Waals surface area contributed by atoms with Crippen molar-refractivity contribution < 1.29 is 28.6 Å². The predicted octanol–water partition coefficient (Wildman–Crippen LogP) is 2.93. The van der Waals surface area contributed by atoms with Crippen LogP contribution in [0.15, 0.2) is 28.7 Å². The van der Waals surface area contributed by atoms with Gasteiger partial charge in [-0.2, -0.15) is 0 Å². The van der Waals surface area contributed by atoms with Crippen LogP contribution < -0.4 is 10.1 Å². The van der Waals surface area contributed by atoms with E-state index in [0.29, 0.717) is 22.2 Å². The first-order valence-corrected chi connectivity index (χ1v) is 7.79. The van der Waals surface area contributed by atoms with Crippen molar-refractivity contribution in [3.05, 3.63) is 46.4 Å². The number of methoxy groups -OCH3 is 1. The molecular formula is C17H18ClNO6. The van der Waals surface area contributed by atoms with Gasteiger partial charge in [0.05, 0.1) is 12.8 Å². The molecule has 7 nitrogen and oxygen atoms in total. The smallest absolute Gasteiger partial charge is 0.342 e. The summed E-state index contributed by atoms with van der Waals surface area (Å²) in [6.07, 6.45) is -1.07. The van der Waals surface area contributed by atoms with Crippen molar-refractivity contribution in [3.63, 3.8) is 0 Å². The molecule has 25 heavy (non-hydrogen) atoms. The maximum Gasteiger partial charge on any atom is 0.342 e. The van der Waals surface area contributed by atoms with E-state index in [1.54, 1.807) is 19.1 Å². The first-order valence-electron chi connectivity index (χ1n) is 7.41. The number of amides is 1. The third-order valence-corrected chi connectivity index (χ3v) is 3.65. The second-order valence-electron chi connectivity index (χ2n) is 5.22. The van der Waals surface area contributed by atoms with Crippen LogP contribution in [-0.2, 0) is 16.1 Å². The summed E-state index contributed by atoms with van der Waals surface area (Å²) in [4.78, 5) is 24.4. The van der Waals surface area contributed by atoms with Gasteiger partial charge in [0, 0.05) is 5.02 Å². The number of hydrogen-bond donors (Lipinski definition) is 2. The molecule has 1 unspecified atom stereocenters. The standard InChI is InChI=1S/C17H18ClNO6/c1-9-13(7-12(8-20)24-9)17(22)25-10(2)16(21)19-14-6-11(18)4-5-15(14)23-3/h4-7,10,20H,8H2,1-3H3,(H,19,21). The van der Waals surface area contributed by atoms with Gasteiger partial charge in [0.2, 0.25) is 0 Å². The third kappa shape index (κ3) is 4.52. The summed E-state index contributed by atoms with van der Waals surface area (Å²) in [6, 6.07) is 6.14. The van der Waals surface area contributed by atoms with Crippen LogP contribution in [0.3, 0.4) is 0 Å². The number of anilines is 1. The number of furan rings is 1. The zero-order valence-electron chi connectivity index (χ0n) is 14.0. The van der Waals surface area contributed by atoms with Gasteiger partial charge in [-0.05, 0) is 38.1 Å². The second-order valence-corrected chi connectivity index (χ2v) is 5.66. The molecule has 0 radical (unpaired) electrons. The molecule has 1 aromatic heterocycles. The largest absolute Gasteiger partial charge is 0.495 e. The lowest BCUT2D eigenvalue weighted by Gasteiger charge is -2.15. The van der Waals surface area contributed by atoms with E-state index >= 15 is 0 Å². The van der Waals surface area contributed by atoms with Crippen LogP contribution in [0.4, 0.5) is 5.69 Å². The second kappa shape index (κ2) is 8.04. The molecule has 0 spiro atoms. The van der Waals surface area contributed by atoms with Crippen LogP contribution in [0.5, 0.6) is 5.75 Å². The quantitative estimate of drug-likeness (QED) is 0.762. The molecule has 0 aliphatic carbocycles. The van der Waals surface area contributed by atoms with Gasteiger partial charge in [-0.3, -0.25) is 4.79 Å². The molecule has 2 N–H and O–H groups in total. The van der Waals surface area contributed by atoms with Crippen molar-refractivity contribution in [1.29, 1.82) is 0 Å². The minimum absolute atomic E-state index is 0.157. The van der Waals surface area contributed by atoms with Gasteiger partial charge >= 0.3 is 5.97 Å². The topological polar surface area (TPSA) is 98.0 Å². The Kier molecular flexibility index (Phi) is 6.06. The maximum absolute atomic E-state index is 12.3. The molecule has 2 rings (SSSR count). The van der Waals surface area contributed by atoms with Crippen molar-refractivity contribution in [2.75, 3.05) is 12.4 Å². The Morgan fingerprint density at radius 3 is 2.68 bits per heavy atom. The van der Waals surface area contributed by atoms with E-state index in [1.807, 2.05) is 0 Å². The molecule has 8 heteroatoms. The minimum Gasteiger partial charge on any atom is -0.495 e. The lowest BCUT2D eigenvalue weighted by Crippen LogP contribution is -2.30. The highest BCUT2D eigenvalue weighted by atomic mass is 35.5. The Labute approximate surface area is 149 Å². The summed E-state index contributed by atoms with van der Waals surface area (Å²) < 4.78 is 15.5. The van der Waals surface area contributed by atoms with Crippen LogP contribution in [0.2, 0.25) is 5.02 Å². The summed E-state index contributed by atoms with van der Waals surface area (Å²) in [5.41, 5.74) is 0.522. The Bertz CT molecular complexity index is 785. The average Bonchev–Trinajstić information content (AvgIpc) is 2.96. The number of aliphatic hydroxyl groups is 1. The zero-order chi connectivity index (χ0) is 18.6. The van der Waals surface area contributed by atoms with Crippen LogP contribution in [-0.4, -0.2) is 30.2 Å². The molecule has 0 aliphatic heterocycles. The molecule has 1 amide bonds. The lowest BCUT2D eigenvalue weighted by atomic mass is 10.2. The molecular weight excluding hydrogens is 350 g/mol. The number of ether oxygens (including phenoxy) is 2. The molecule has 0 bridgehead atoms. The number of aliphatic hydroxyl groups excluding tert-OH is 1. The number of carbonyl (C=O) groups excluding carboxylic acids is 2. The monoisotopic (exact) mass is 367 g/mol. The summed E-state index contributed by atoms with van der Waals surface area (Å²) >= 11 is 5.91. The molecule has 0 fully saturated rings. The van der Waals surface area contributed by atoms with E-state index in [0.717, 1.165) is 0 Å². The third-order valence-electron chi connectivity index (χ3n) is 3.42. The molecule has 1 aromatic carbocycles. The summed E-state index contributed by atoms with van der Waals surface area (Å²) in [7, 11) is 1.46. The number of halogens is 1. The van der Waals surface area contributed by atoms with Crippen molar-refractivity contribution >= 4 is 29.2 Å². The zero-order valence-corrected chi connectivity index (χ0v) is 14.7. The predicted molar refractivity (Wildman–Crippen MR) is 90.9 cm³/mol. The highest BCUT2D eigenvalue weighted by Gasteiger charge is 2.23. The Morgan fingerprint density at radius 1 is 1.36 bits per heavy atom. The number of esters is 1. The van der Waals surface area contributed by atoms with Crippen molar-refractivity contribution in [3.8, 4) is 5.75 Å². The lowest BCUT2D eigenvalue weighted by molar-refractivity contribution is -0.123. The van der Waals surface area contributed by atoms with Crippen LogP contribution in [0.25, 0.3) is 0 Å². The average molecular weight is 368 g/mol. The Morgan fingerprint density at radius 2 is 2.08 bits per heavy atom. The molecule has 1 heterocycles. The van der Waals surface area contributed by atoms with Gasteiger partial charge in [-0.1, -0.05) is 11.6 Å². The molecule has 0 aliphatic rings. The van der Waals surface area contributed by atoms with Gasteiger partial charge in [-0.25, -0.2) is 4.79 Å². The number of nitrogens with one attached hydrogen (secondary N) is 1. The van der Waals surface area contributed by atoms with E-state index in [1.165, 1.54) is 26.2 Å². The van der Waals surface area contributed by atoms with Crippen LogP contribution in [0.1, 0.15) is 28.8 Å². The first-order chi connectivity index (χ1) is 11.8. The van der Waals surface area contributed by atoms with Gasteiger partial charge in [0.15, 0.2) is 6.10 Å². The van der Waals surface area contributed by atoms with E-state index < -0.39 is 18.0 Å². The molecule has 1 atom stereocenters. The van der Waals surface area contributed by atoms with Gasteiger partial charge < -0.3 is 24.3 Å². The van der Waals surface area contributed by atoms with Crippen molar-refractivity contribution in [1.82, 2.24) is 0 Å². The molecule has 0 saturated carbocycles. The van der Waals surface area contributed by atoms with Crippen molar-refractivity contribution in [2.24, 2.45) is 0 Å². The molecule has 134 valence electrons. The van der Waals surface area contributed by atoms with Crippen molar-refractivity contribution in [2.45, 2.75) is 26.6 Å². The normalized spacial score (nSPS) is 11.7. The fraction of sp³-hybridized carbons (Fsp3) is 0.294. The summed E-state index contributed by atoms with van der Waals surface area (Å²) in [5.74, 6) is -0.294. The maximum atomic E-state index is 12.3. The van der Waals surface area contributed by atoms with Crippen LogP contribution >= 0.6 is 11.6 Å². The van der Waals surface area contributed by atoms with E-state index in [4.69, 9.17) is 30.6 Å². The van der Waals surface area contributed by atoms with Gasteiger partial charge in [0.1, 0.15) is 29.4 Å². The Balaban J connectivity index is 2.06. The fourth-order valence-electron chi connectivity index (χ4n) is 2.11. The molecule has 0 saturated heterocycles. The van der Waals surface area contributed by atoms with Gasteiger partial charge in [0.25, 0.3) is 5.91 Å². The number of benzene rings is 1. The van der Waals surface area contributed by atoms with E-state index in [-0.39, 0.29) is 17.9 Å².